The van der Waals surface area contributed by atoms with Gasteiger partial charge in [-0.1, -0.05) is 46.0 Å². The van der Waals surface area contributed by atoms with Crippen molar-refractivity contribution in [2.24, 2.45) is 22.7 Å². The molecule has 3 rings (SSSR count). The number of nitrogens with one attached hydrogen (secondary N) is 1. The van der Waals surface area contributed by atoms with Crippen molar-refractivity contribution in [2.45, 2.75) is 66.3 Å². The van der Waals surface area contributed by atoms with E-state index in [4.69, 9.17) is 0 Å². The van der Waals surface area contributed by atoms with Gasteiger partial charge in [-0.05, 0) is 41.9 Å². The summed E-state index contributed by atoms with van der Waals surface area (Å²) in [5.74, 6) is 1.51. The number of rotatable bonds is 4. The monoisotopic (exact) mass is 293 g/mol. The van der Waals surface area contributed by atoms with Gasteiger partial charge in [0.1, 0.15) is 5.01 Å². The van der Waals surface area contributed by atoms with Crippen LogP contribution >= 0.6 is 11.3 Å². The maximum atomic E-state index is 4.37. The molecule has 0 saturated heterocycles. The molecular weight excluding hydrogens is 266 g/mol. The fraction of sp³-hybridized carbons (Fsp3) is 0.875. The molecule has 2 saturated carbocycles. The van der Waals surface area contributed by atoms with Gasteiger partial charge in [-0.3, -0.25) is 0 Å². The Morgan fingerprint density at radius 1 is 1.30 bits per heavy atom. The lowest BCUT2D eigenvalue weighted by Gasteiger charge is -2.42. The van der Waals surface area contributed by atoms with Gasteiger partial charge in [0.15, 0.2) is 0 Å². The summed E-state index contributed by atoms with van der Waals surface area (Å²) in [6, 6.07) is 0.536. The number of anilines is 1. The van der Waals surface area contributed by atoms with Crippen LogP contribution in [0.1, 0.15) is 58.9 Å². The van der Waals surface area contributed by atoms with Gasteiger partial charge in [0, 0.05) is 12.5 Å². The van der Waals surface area contributed by atoms with Crippen molar-refractivity contribution in [2.75, 3.05) is 5.32 Å². The van der Waals surface area contributed by atoms with Gasteiger partial charge in [0.05, 0.1) is 0 Å². The Bertz CT molecular complexity index is 489. The predicted octanol–water partition coefficient (Wildman–Crippen LogP) is 4.36. The van der Waals surface area contributed by atoms with Crippen LogP contribution in [0.4, 0.5) is 5.13 Å². The molecule has 3 nitrogen and oxygen atoms in total. The van der Waals surface area contributed by atoms with Crippen molar-refractivity contribution >= 4 is 16.5 Å². The van der Waals surface area contributed by atoms with Gasteiger partial charge in [-0.15, -0.1) is 10.2 Å². The molecule has 20 heavy (non-hydrogen) atoms. The molecule has 2 fully saturated rings. The molecule has 112 valence electrons. The highest BCUT2D eigenvalue weighted by atomic mass is 32.1. The van der Waals surface area contributed by atoms with E-state index in [1.165, 1.54) is 19.3 Å². The zero-order valence-electron chi connectivity index (χ0n) is 13.4. The average Bonchev–Trinajstić information content (AvgIpc) is 2.96. The molecule has 1 aromatic rings. The van der Waals surface area contributed by atoms with Gasteiger partial charge >= 0.3 is 0 Å². The largest absolute Gasteiger partial charge is 0.356 e. The summed E-state index contributed by atoms with van der Waals surface area (Å²) in [5, 5.41) is 14.6. The molecule has 0 aromatic carbocycles. The summed E-state index contributed by atoms with van der Waals surface area (Å²) in [7, 11) is 0. The number of aromatic nitrogens is 2. The fourth-order valence-corrected chi connectivity index (χ4v) is 5.51. The molecule has 1 unspecified atom stereocenters. The van der Waals surface area contributed by atoms with Crippen molar-refractivity contribution in [1.29, 1.82) is 0 Å². The third-order valence-corrected chi connectivity index (χ3v) is 6.46. The van der Waals surface area contributed by atoms with E-state index in [-0.39, 0.29) is 0 Å². The Hall–Kier alpha value is -0.640. The van der Waals surface area contributed by atoms with E-state index in [0.717, 1.165) is 22.5 Å². The second kappa shape index (κ2) is 4.69. The van der Waals surface area contributed by atoms with E-state index >= 15 is 0 Å². The average molecular weight is 293 g/mol. The first-order chi connectivity index (χ1) is 9.31. The number of nitrogens with zero attached hydrogens (tertiary/aromatic N) is 2. The van der Waals surface area contributed by atoms with E-state index in [0.29, 0.717) is 22.8 Å². The summed E-state index contributed by atoms with van der Waals surface area (Å²) in [6.07, 6.45) is 5.16. The first kappa shape index (κ1) is 14.3. The van der Waals surface area contributed by atoms with Gasteiger partial charge < -0.3 is 5.32 Å². The van der Waals surface area contributed by atoms with Crippen molar-refractivity contribution < 1.29 is 0 Å². The van der Waals surface area contributed by atoms with Crippen molar-refractivity contribution in [3.05, 3.63) is 5.01 Å². The second-order valence-corrected chi connectivity index (χ2v) is 9.15. The normalized spacial score (nSPS) is 34.9. The third-order valence-electron chi connectivity index (χ3n) is 5.59. The third kappa shape index (κ3) is 2.26. The fourth-order valence-electron chi connectivity index (χ4n) is 4.53. The van der Waals surface area contributed by atoms with Crippen LogP contribution in [0.15, 0.2) is 0 Å². The van der Waals surface area contributed by atoms with Crippen molar-refractivity contribution in [3.8, 4) is 0 Å². The maximum absolute atomic E-state index is 4.37. The summed E-state index contributed by atoms with van der Waals surface area (Å²) < 4.78 is 0. The first-order valence-electron chi connectivity index (χ1n) is 7.90. The van der Waals surface area contributed by atoms with Crippen LogP contribution in [0.2, 0.25) is 0 Å². The van der Waals surface area contributed by atoms with Crippen LogP contribution in [-0.4, -0.2) is 16.2 Å². The van der Waals surface area contributed by atoms with Crippen LogP contribution in [0, 0.1) is 22.7 Å². The van der Waals surface area contributed by atoms with E-state index < -0.39 is 0 Å². The molecule has 2 aliphatic carbocycles. The number of hydrogen-bond acceptors (Lipinski definition) is 4. The van der Waals surface area contributed by atoms with Crippen LogP contribution in [0.5, 0.6) is 0 Å². The molecule has 0 aliphatic heterocycles. The quantitative estimate of drug-likeness (QED) is 0.896. The Kier molecular flexibility index (Phi) is 3.35. The van der Waals surface area contributed by atoms with Gasteiger partial charge in [0.2, 0.25) is 5.13 Å². The molecule has 0 spiro atoms. The van der Waals surface area contributed by atoms with Crippen LogP contribution in [-0.2, 0) is 6.42 Å². The predicted molar refractivity (Wildman–Crippen MR) is 85.1 cm³/mol. The topological polar surface area (TPSA) is 37.8 Å². The Morgan fingerprint density at radius 2 is 2.05 bits per heavy atom. The van der Waals surface area contributed by atoms with Crippen molar-refractivity contribution in [1.82, 2.24) is 10.2 Å². The summed E-state index contributed by atoms with van der Waals surface area (Å²) in [6.45, 7) is 11.8. The zero-order valence-corrected chi connectivity index (χ0v) is 14.2. The Morgan fingerprint density at radius 3 is 2.65 bits per heavy atom. The minimum Gasteiger partial charge on any atom is -0.356 e. The minimum absolute atomic E-state index is 0.372. The summed E-state index contributed by atoms with van der Waals surface area (Å²) >= 11 is 1.74. The Labute approximate surface area is 126 Å². The summed E-state index contributed by atoms with van der Waals surface area (Å²) in [5.41, 5.74) is 0.814. The highest BCUT2D eigenvalue weighted by molar-refractivity contribution is 7.15. The molecule has 1 aromatic heterocycles. The standard InChI is InChI=1S/C16H27N3S/c1-10(2)8-12-18-19-14(20-12)17-13-15(3,4)11-6-7-16(13,5)9-11/h10-11,13H,6-9H2,1-5H3,(H,17,19)/t11-,13?,16+/m0/s1. The lowest BCUT2D eigenvalue weighted by molar-refractivity contribution is 0.155. The van der Waals surface area contributed by atoms with Crippen LogP contribution < -0.4 is 5.32 Å². The molecule has 1 heterocycles. The van der Waals surface area contributed by atoms with Gasteiger partial charge in [-0.25, -0.2) is 0 Å². The highest BCUT2D eigenvalue weighted by Crippen LogP contribution is 2.63. The molecule has 0 amide bonds. The number of fused-ring (bicyclic) bond motifs is 2. The second-order valence-electron chi connectivity index (χ2n) is 8.09. The SMILES string of the molecule is CC(C)Cc1nnc(NC2C(C)(C)[C@H]3CC[C@]2(C)C3)s1. The summed E-state index contributed by atoms with van der Waals surface area (Å²) in [4.78, 5) is 0. The molecule has 2 bridgehead atoms. The number of hydrogen-bond donors (Lipinski definition) is 1. The molecule has 3 atom stereocenters. The minimum atomic E-state index is 0.372. The van der Waals surface area contributed by atoms with Crippen LogP contribution in [0.3, 0.4) is 0 Å². The van der Waals surface area contributed by atoms with E-state index in [9.17, 15) is 0 Å². The molecule has 0 radical (unpaired) electrons. The molecule has 4 heteroatoms. The zero-order chi connectivity index (χ0) is 14.5. The van der Waals surface area contributed by atoms with Crippen LogP contribution in [0.25, 0.3) is 0 Å². The van der Waals surface area contributed by atoms with E-state index in [2.05, 4.69) is 50.1 Å². The van der Waals surface area contributed by atoms with Gasteiger partial charge in [0.25, 0.3) is 0 Å². The maximum Gasteiger partial charge on any atom is 0.205 e. The Balaban J connectivity index is 1.76. The molecule has 1 N–H and O–H groups in total. The van der Waals surface area contributed by atoms with Crippen molar-refractivity contribution in [3.63, 3.8) is 0 Å². The molecular formula is C16H27N3S. The lowest BCUT2D eigenvalue weighted by atomic mass is 9.68. The first-order valence-corrected chi connectivity index (χ1v) is 8.72. The van der Waals surface area contributed by atoms with E-state index in [1.807, 2.05) is 0 Å². The molecule has 2 aliphatic rings. The highest BCUT2D eigenvalue weighted by Gasteiger charge is 2.59. The smallest absolute Gasteiger partial charge is 0.205 e. The van der Waals surface area contributed by atoms with Gasteiger partial charge in [-0.2, -0.15) is 0 Å². The van der Waals surface area contributed by atoms with E-state index in [1.54, 1.807) is 11.3 Å². The lowest BCUT2D eigenvalue weighted by Crippen LogP contribution is -2.45.